The van der Waals surface area contributed by atoms with Gasteiger partial charge in [-0.25, -0.2) is 4.98 Å². The number of piperazine rings is 1. The van der Waals surface area contributed by atoms with Crippen LogP contribution in [0.2, 0.25) is 0 Å². The van der Waals surface area contributed by atoms with Crippen molar-refractivity contribution in [1.82, 2.24) is 14.9 Å². The van der Waals surface area contributed by atoms with Crippen LogP contribution in [0.15, 0.2) is 42.6 Å². The quantitative estimate of drug-likeness (QED) is 0.778. The van der Waals surface area contributed by atoms with Crippen LogP contribution in [0.5, 0.6) is 5.75 Å². The number of hydrogen-bond acceptors (Lipinski definition) is 4. The predicted octanol–water partition coefficient (Wildman–Crippen LogP) is 3.77. The molecule has 0 saturated carbocycles. The maximum absolute atomic E-state index is 5.91. The number of pyridine rings is 1. The van der Waals surface area contributed by atoms with Crippen molar-refractivity contribution in [3.8, 4) is 17.0 Å². The molecular formula is C21H26N4O. The van der Waals surface area contributed by atoms with Crippen LogP contribution in [0.25, 0.3) is 22.3 Å². The van der Waals surface area contributed by atoms with Crippen molar-refractivity contribution in [3.63, 3.8) is 0 Å². The Balaban J connectivity index is 1.59. The fourth-order valence-electron chi connectivity index (χ4n) is 3.43. The first kappa shape index (κ1) is 16.9. The summed E-state index contributed by atoms with van der Waals surface area (Å²) in [5.74, 6) is 0.876. The number of benzene rings is 1. The molecular weight excluding hydrogens is 324 g/mol. The lowest BCUT2D eigenvalue weighted by molar-refractivity contribution is 0.245. The van der Waals surface area contributed by atoms with Gasteiger partial charge in [0, 0.05) is 43.8 Å². The van der Waals surface area contributed by atoms with Crippen molar-refractivity contribution >= 4 is 16.7 Å². The van der Waals surface area contributed by atoms with E-state index in [1.54, 1.807) is 6.20 Å². The molecule has 5 nitrogen and oxygen atoms in total. The van der Waals surface area contributed by atoms with Crippen LogP contribution in [0.1, 0.15) is 13.8 Å². The molecule has 0 spiro atoms. The second kappa shape index (κ2) is 7.00. The highest BCUT2D eigenvalue weighted by Crippen LogP contribution is 2.31. The average molecular weight is 350 g/mol. The van der Waals surface area contributed by atoms with E-state index in [9.17, 15) is 0 Å². The van der Waals surface area contributed by atoms with Crippen LogP contribution in [0.4, 0.5) is 5.69 Å². The number of anilines is 1. The van der Waals surface area contributed by atoms with E-state index in [-0.39, 0.29) is 6.10 Å². The summed E-state index contributed by atoms with van der Waals surface area (Å²) in [7, 11) is 2.18. The number of likely N-dealkylation sites (N-methyl/N-ethyl adjacent to an activating group) is 1. The molecule has 2 aromatic heterocycles. The highest BCUT2D eigenvalue weighted by atomic mass is 16.5. The van der Waals surface area contributed by atoms with Gasteiger partial charge in [-0.3, -0.25) is 0 Å². The SMILES string of the molecule is CC(C)Oc1ccnc2[nH]c(-c3ccc(N4CCN(C)CC4)cc3)cc12. The Kier molecular flexibility index (Phi) is 4.55. The molecule has 0 bridgehead atoms. The van der Waals surface area contributed by atoms with Gasteiger partial charge < -0.3 is 19.5 Å². The number of nitrogens with zero attached hydrogens (tertiary/aromatic N) is 3. The van der Waals surface area contributed by atoms with Crippen molar-refractivity contribution in [2.75, 3.05) is 38.1 Å². The van der Waals surface area contributed by atoms with E-state index < -0.39 is 0 Å². The minimum absolute atomic E-state index is 0.141. The summed E-state index contributed by atoms with van der Waals surface area (Å²) in [6.07, 6.45) is 1.93. The van der Waals surface area contributed by atoms with Gasteiger partial charge in [0.25, 0.3) is 0 Å². The molecule has 3 aromatic rings. The zero-order valence-corrected chi connectivity index (χ0v) is 15.7. The number of aromatic amines is 1. The fraction of sp³-hybridized carbons (Fsp3) is 0.381. The molecule has 26 heavy (non-hydrogen) atoms. The third-order valence-electron chi connectivity index (χ3n) is 4.90. The van der Waals surface area contributed by atoms with E-state index in [1.807, 2.05) is 19.9 Å². The van der Waals surface area contributed by atoms with E-state index in [1.165, 1.54) is 5.69 Å². The van der Waals surface area contributed by atoms with Gasteiger partial charge in [0.05, 0.1) is 11.5 Å². The van der Waals surface area contributed by atoms with Gasteiger partial charge in [0.1, 0.15) is 11.4 Å². The van der Waals surface area contributed by atoms with Gasteiger partial charge in [0.15, 0.2) is 0 Å². The summed E-state index contributed by atoms with van der Waals surface area (Å²) in [5.41, 5.74) is 4.38. The van der Waals surface area contributed by atoms with Crippen LogP contribution in [0, 0.1) is 0 Å². The zero-order chi connectivity index (χ0) is 18.1. The first-order valence-corrected chi connectivity index (χ1v) is 9.28. The Morgan fingerprint density at radius 1 is 1.04 bits per heavy atom. The zero-order valence-electron chi connectivity index (χ0n) is 15.7. The molecule has 1 aromatic carbocycles. The molecule has 136 valence electrons. The molecule has 1 fully saturated rings. The van der Waals surface area contributed by atoms with Crippen LogP contribution < -0.4 is 9.64 Å². The van der Waals surface area contributed by atoms with Gasteiger partial charge >= 0.3 is 0 Å². The topological polar surface area (TPSA) is 44.4 Å². The van der Waals surface area contributed by atoms with E-state index in [4.69, 9.17) is 4.74 Å². The molecule has 1 aliphatic heterocycles. The third kappa shape index (κ3) is 3.40. The molecule has 0 unspecified atom stereocenters. The maximum Gasteiger partial charge on any atom is 0.141 e. The number of rotatable bonds is 4. The first-order valence-electron chi connectivity index (χ1n) is 9.28. The van der Waals surface area contributed by atoms with E-state index in [0.717, 1.165) is 54.2 Å². The molecule has 0 amide bonds. The summed E-state index contributed by atoms with van der Waals surface area (Å²) in [5, 5.41) is 1.03. The largest absolute Gasteiger partial charge is 0.490 e. The Bertz CT molecular complexity index is 877. The number of ether oxygens (including phenoxy) is 1. The van der Waals surface area contributed by atoms with Crippen molar-refractivity contribution in [1.29, 1.82) is 0 Å². The van der Waals surface area contributed by atoms with Crippen LogP contribution in [0.3, 0.4) is 0 Å². The second-order valence-corrected chi connectivity index (χ2v) is 7.26. The summed E-state index contributed by atoms with van der Waals surface area (Å²) >= 11 is 0. The van der Waals surface area contributed by atoms with Crippen LogP contribution >= 0.6 is 0 Å². The third-order valence-corrected chi connectivity index (χ3v) is 4.90. The van der Waals surface area contributed by atoms with Gasteiger partial charge in [-0.15, -0.1) is 0 Å². The van der Waals surface area contributed by atoms with Crippen molar-refractivity contribution in [3.05, 3.63) is 42.6 Å². The van der Waals surface area contributed by atoms with Gasteiger partial charge in [-0.1, -0.05) is 12.1 Å². The molecule has 1 aliphatic rings. The minimum atomic E-state index is 0.141. The average Bonchev–Trinajstić information content (AvgIpc) is 3.07. The van der Waals surface area contributed by atoms with E-state index in [0.29, 0.717) is 0 Å². The van der Waals surface area contributed by atoms with Crippen molar-refractivity contribution in [2.45, 2.75) is 20.0 Å². The number of fused-ring (bicyclic) bond motifs is 1. The van der Waals surface area contributed by atoms with E-state index in [2.05, 4.69) is 57.1 Å². The number of hydrogen-bond donors (Lipinski definition) is 1. The maximum atomic E-state index is 5.91. The van der Waals surface area contributed by atoms with Crippen molar-refractivity contribution < 1.29 is 4.74 Å². The molecule has 4 rings (SSSR count). The lowest BCUT2D eigenvalue weighted by atomic mass is 10.1. The van der Waals surface area contributed by atoms with Crippen molar-refractivity contribution in [2.24, 2.45) is 0 Å². The minimum Gasteiger partial charge on any atom is -0.490 e. The predicted molar refractivity (Wildman–Crippen MR) is 107 cm³/mol. The lowest BCUT2D eigenvalue weighted by Gasteiger charge is -2.34. The summed E-state index contributed by atoms with van der Waals surface area (Å²) < 4.78 is 5.91. The molecule has 0 radical (unpaired) electrons. The smallest absolute Gasteiger partial charge is 0.141 e. The van der Waals surface area contributed by atoms with Gasteiger partial charge in [-0.05, 0) is 50.7 Å². The molecule has 0 aliphatic carbocycles. The molecule has 1 N–H and O–H groups in total. The second-order valence-electron chi connectivity index (χ2n) is 7.26. The molecule has 5 heteroatoms. The summed E-state index contributed by atoms with van der Waals surface area (Å²) in [4.78, 5) is 12.7. The number of aromatic nitrogens is 2. The fourth-order valence-corrected chi connectivity index (χ4v) is 3.43. The van der Waals surface area contributed by atoms with Gasteiger partial charge in [-0.2, -0.15) is 0 Å². The Hall–Kier alpha value is -2.53. The Labute approximate surface area is 154 Å². The standard InChI is InChI=1S/C21H26N4O/c1-15(2)26-20-8-9-22-21-18(20)14-19(23-21)16-4-6-17(7-5-16)25-12-10-24(3)11-13-25/h4-9,14-15H,10-13H2,1-3H3,(H,22,23). The number of H-pyrrole nitrogens is 1. The molecule has 0 atom stereocenters. The number of nitrogens with one attached hydrogen (secondary N) is 1. The summed E-state index contributed by atoms with van der Waals surface area (Å²) in [6, 6.07) is 12.8. The highest BCUT2D eigenvalue weighted by molar-refractivity contribution is 5.88. The normalized spacial score (nSPS) is 15.8. The van der Waals surface area contributed by atoms with Crippen LogP contribution in [-0.4, -0.2) is 54.2 Å². The molecule has 1 saturated heterocycles. The highest BCUT2D eigenvalue weighted by Gasteiger charge is 2.15. The van der Waals surface area contributed by atoms with E-state index >= 15 is 0 Å². The summed E-state index contributed by atoms with van der Waals surface area (Å²) in [6.45, 7) is 8.49. The molecule has 3 heterocycles. The Morgan fingerprint density at radius 3 is 2.46 bits per heavy atom. The van der Waals surface area contributed by atoms with Crippen LogP contribution in [-0.2, 0) is 0 Å². The monoisotopic (exact) mass is 350 g/mol. The Morgan fingerprint density at radius 2 is 1.77 bits per heavy atom. The first-order chi connectivity index (χ1) is 12.6. The lowest BCUT2D eigenvalue weighted by Crippen LogP contribution is -2.44. The van der Waals surface area contributed by atoms with Gasteiger partial charge in [0.2, 0.25) is 0 Å².